The molecule has 0 amide bonds. The van der Waals surface area contributed by atoms with Crippen molar-refractivity contribution < 1.29 is 4.79 Å². The summed E-state index contributed by atoms with van der Waals surface area (Å²) < 4.78 is 0. The van der Waals surface area contributed by atoms with E-state index >= 15 is 0 Å². The third-order valence-corrected chi connectivity index (χ3v) is 3.37. The number of benzene rings is 1. The van der Waals surface area contributed by atoms with E-state index in [0.717, 1.165) is 12.8 Å². The molecule has 0 radical (unpaired) electrons. The molecule has 0 bridgehead atoms. The van der Waals surface area contributed by atoms with Crippen molar-refractivity contribution in [2.24, 2.45) is 5.92 Å². The number of carbonyl (C=O) groups is 1. The maximum absolute atomic E-state index is 11.4. The summed E-state index contributed by atoms with van der Waals surface area (Å²) in [7, 11) is 0. The van der Waals surface area contributed by atoms with Crippen molar-refractivity contribution in [3.63, 3.8) is 0 Å². The molecule has 1 nitrogen and oxygen atoms in total. The van der Waals surface area contributed by atoms with Gasteiger partial charge in [0.05, 0.1) is 0 Å². The molecule has 94 valence electrons. The van der Waals surface area contributed by atoms with Gasteiger partial charge >= 0.3 is 0 Å². The lowest BCUT2D eigenvalue weighted by atomic mass is 9.85. The zero-order valence-corrected chi connectivity index (χ0v) is 11.7. The van der Waals surface area contributed by atoms with Gasteiger partial charge in [-0.3, -0.25) is 4.79 Å². The van der Waals surface area contributed by atoms with Gasteiger partial charge in [0.1, 0.15) is 5.78 Å². The summed E-state index contributed by atoms with van der Waals surface area (Å²) >= 11 is 0. The Kier molecular flexibility index (Phi) is 4.50. The van der Waals surface area contributed by atoms with Crippen LogP contribution in [0.1, 0.15) is 52.2 Å². The van der Waals surface area contributed by atoms with Crippen LogP contribution in [0.15, 0.2) is 24.3 Å². The first-order valence-electron chi connectivity index (χ1n) is 6.44. The van der Waals surface area contributed by atoms with Crippen LogP contribution in [0.5, 0.6) is 0 Å². The van der Waals surface area contributed by atoms with Gasteiger partial charge in [0.25, 0.3) is 0 Å². The molecule has 0 aliphatic heterocycles. The number of carbonyl (C=O) groups excluding carboxylic acids is 1. The predicted molar refractivity (Wildman–Crippen MR) is 73.3 cm³/mol. The average Bonchev–Trinajstić information content (AvgIpc) is 2.25. The minimum atomic E-state index is 0.176. The first kappa shape index (κ1) is 14.0. The number of rotatable bonds is 4. The number of ketones is 1. The van der Waals surface area contributed by atoms with Crippen molar-refractivity contribution in [2.75, 3.05) is 0 Å². The summed E-state index contributed by atoms with van der Waals surface area (Å²) in [6.07, 6.45) is 1.80. The number of Topliss-reactive ketones (excluding diaryl/α,β-unsaturated/α-hetero) is 1. The van der Waals surface area contributed by atoms with Crippen LogP contribution in [0.3, 0.4) is 0 Å². The Morgan fingerprint density at radius 2 is 1.71 bits per heavy atom. The monoisotopic (exact) mass is 232 g/mol. The third kappa shape index (κ3) is 3.99. The largest absolute Gasteiger partial charge is 0.300 e. The zero-order chi connectivity index (χ0) is 13.1. The van der Waals surface area contributed by atoms with E-state index < -0.39 is 0 Å². The minimum Gasteiger partial charge on any atom is -0.300 e. The molecule has 0 fully saturated rings. The molecule has 0 aliphatic rings. The van der Waals surface area contributed by atoms with Crippen LogP contribution < -0.4 is 0 Å². The summed E-state index contributed by atoms with van der Waals surface area (Å²) in [5.41, 5.74) is 2.81. The lowest BCUT2D eigenvalue weighted by molar-refractivity contribution is -0.120. The van der Waals surface area contributed by atoms with Crippen LogP contribution >= 0.6 is 0 Å². The highest BCUT2D eigenvalue weighted by molar-refractivity contribution is 5.78. The van der Waals surface area contributed by atoms with E-state index in [1.807, 2.05) is 0 Å². The van der Waals surface area contributed by atoms with Crippen molar-refractivity contribution in [1.29, 1.82) is 0 Å². The van der Waals surface area contributed by atoms with Gasteiger partial charge < -0.3 is 0 Å². The van der Waals surface area contributed by atoms with E-state index in [0.29, 0.717) is 5.78 Å². The Balaban J connectivity index is 2.78. The molecule has 0 aromatic heterocycles. The molecule has 1 heteroatoms. The molecule has 1 aromatic carbocycles. The maximum atomic E-state index is 11.4. The quantitative estimate of drug-likeness (QED) is 0.762. The molecule has 0 N–H and O–H groups in total. The Morgan fingerprint density at radius 3 is 2.06 bits per heavy atom. The number of hydrogen-bond acceptors (Lipinski definition) is 1. The molecule has 0 saturated carbocycles. The standard InChI is InChI=1S/C16H24O/c1-6-14(12(2)17)11-13-7-9-15(10-8-13)16(3,4)5/h7-10,14H,6,11H2,1-5H3. The minimum absolute atomic E-state index is 0.176. The van der Waals surface area contributed by atoms with E-state index in [-0.39, 0.29) is 11.3 Å². The molecule has 1 aromatic rings. The Morgan fingerprint density at radius 1 is 1.18 bits per heavy atom. The number of hydrogen-bond donors (Lipinski definition) is 0. The maximum Gasteiger partial charge on any atom is 0.133 e. The van der Waals surface area contributed by atoms with Crippen molar-refractivity contribution >= 4 is 5.78 Å². The predicted octanol–water partition coefficient (Wildman–Crippen LogP) is 4.14. The van der Waals surface area contributed by atoms with Crippen LogP contribution in [-0.4, -0.2) is 5.78 Å². The molecule has 1 unspecified atom stereocenters. The van der Waals surface area contributed by atoms with Crippen LogP contribution in [0, 0.1) is 5.92 Å². The fourth-order valence-corrected chi connectivity index (χ4v) is 2.00. The third-order valence-electron chi connectivity index (χ3n) is 3.37. The van der Waals surface area contributed by atoms with Gasteiger partial charge in [-0.1, -0.05) is 52.0 Å². The molecule has 1 atom stereocenters. The van der Waals surface area contributed by atoms with Crippen LogP contribution in [0.25, 0.3) is 0 Å². The second kappa shape index (κ2) is 5.48. The summed E-state index contributed by atoms with van der Waals surface area (Å²) in [5.74, 6) is 0.475. The van der Waals surface area contributed by atoms with Crippen molar-refractivity contribution in [2.45, 2.75) is 52.9 Å². The van der Waals surface area contributed by atoms with E-state index in [1.54, 1.807) is 6.92 Å². The lowest BCUT2D eigenvalue weighted by Gasteiger charge is -2.19. The SMILES string of the molecule is CCC(Cc1ccc(C(C)(C)C)cc1)C(C)=O. The zero-order valence-electron chi connectivity index (χ0n) is 11.7. The fourth-order valence-electron chi connectivity index (χ4n) is 2.00. The van der Waals surface area contributed by atoms with E-state index in [2.05, 4.69) is 52.0 Å². The van der Waals surface area contributed by atoms with E-state index in [4.69, 9.17) is 0 Å². The average molecular weight is 232 g/mol. The lowest BCUT2D eigenvalue weighted by Crippen LogP contribution is -2.14. The Bertz CT molecular complexity index is 368. The van der Waals surface area contributed by atoms with Crippen molar-refractivity contribution in [1.82, 2.24) is 0 Å². The molecule has 0 aliphatic carbocycles. The summed E-state index contributed by atoms with van der Waals surface area (Å²) in [5, 5.41) is 0. The highest BCUT2D eigenvalue weighted by atomic mass is 16.1. The Labute approximate surface area is 105 Å². The van der Waals surface area contributed by atoms with E-state index in [1.165, 1.54) is 11.1 Å². The summed E-state index contributed by atoms with van der Waals surface area (Å²) in [4.78, 5) is 11.4. The van der Waals surface area contributed by atoms with Gasteiger partial charge in [0, 0.05) is 5.92 Å². The van der Waals surface area contributed by atoms with Crippen molar-refractivity contribution in [3.8, 4) is 0 Å². The van der Waals surface area contributed by atoms with Gasteiger partial charge in [0.2, 0.25) is 0 Å². The van der Waals surface area contributed by atoms with Crippen LogP contribution in [0.2, 0.25) is 0 Å². The van der Waals surface area contributed by atoms with E-state index in [9.17, 15) is 4.79 Å². The summed E-state index contributed by atoms with van der Waals surface area (Å²) in [6.45, 7) is 10.4. The smallest absolute Gasteiger partial charge is 0.133 e. The highest BCUT2D eigenvalue weighted by Crippen LogP contribution is 2.23. The van der Waals surface area contributed by atoms with Crippen LogP contribution in [-0.2, 0) is 16.6 Å². The van der Waals surface area contributed by atoms with Crippen molar-refractivity contribution in [3.05, 3.63) is 35.4 Å². The van der Waals surface area contributed by atoms with Crippen LogP contribution in [0.4, 0.5) is 0 Å². The first-order valence-corrected chi connectivity index (χ1v) is 6.44. The topological polar surface area (TPSA) is 17.1 Å². The van der Waals surface area contributed by atoms with Gasteiger partial charge in [0.15, 0.2) is 0 Å². The molecular weight excluding hydrogens is 208 g/mol. The molecule has 0 saturated heterocycles. The molecule has 0 heterocycles. The first-order chi connectivity index (χ1) is 7.84. The normalized spacial score (nSPS) is 13.5. The van der Waals surface area contributed by atoms with Gasteiger partial charge in [-0.15, -0.1) is 0 Å². The second-order valence-electron chi connectivity index (χ2n) is 5.87. The summed E-state index contributed by atoms with van der Waals surface area (Å²) in [6, 6.07) is 8.68. The molecular formula is C16H24O. The molecule has 17 heavy (non-hydrogen) atoms. The Hall–Kier alpha value is -1.11. The highest BCUT2D eigenvalue weighted by Gasteiger charge is 2.15. The second-order valence-corrected chi connectivity index (χ2v) is 5.87. The fraction of sp³-hybridized carbons (Fsp3) is 0.562. The van der Waals surface area contributed by atoms with Gasteiger partial charge in [-0.25, -0.2) is 0 Å². The van der Waals surface area contributed by atoms with Gasteiger partial charge in [-0.2, -0.15) is 0 Å². The molecule has 1 rings (SSSR count). The molecule has 0 spiro atoms. The van der Waals surface area contributed by atoms with Gasteiger partial charge in [-0.05, 0) is 36.3 Å².